The van der Waals surface area contributed by atoms with Gasteiger partial charge in [0, 0.05) is 6.42 Å². The van der Waals surface area contributed by atoms with Crippen LogP contribution in [0.5, 0.6) is 0 Å². The van der Waals surface area contributed by atoms with Crippen molar-refractivity contribution in [2.24, 2.45) is 0 Å². The molecule has 1 atom stereocenters. The van der Waals surface area contributed by atoms with Gasteiger partial charge in [-0.15, -0.1) is 0 Å². The lowest BCUT2D eigenvalue weighted by molar-refractivity contribution is -0.113. The molecule has 1 heterocycles. The van der Waals surface area contributed by atoms with Gasteiger partial charge in [0.2, 0.25) is 0 Å². The van der Waals surface area contributed by atoms with Crippen molar-refractivity contribution in [2.45, 2.75) is 38.1 Å². The van der Waals surface area contributed by atoms with E-state index >= 15 is 0 Å². The molecule has 1 rings (SSSR count). The standard InChI is InChI=1S/C10H16N2O/c11-6-2-4-8-12-7-3-1-5-10(12)9-13/h9-10H,1-5,7-8H2. The van der Waals surface area contributed by atoms with Crippen LogP contribution in [-0.4, -0.2) is 30.3 Å². The molecule has 0 bridgehead atoms. The number of piperidine rings is 1. The number of nitrogens with zero attached hydrogens (tertiary/aromatic N) is 2. The highest BCUT2D eigenvalue weighted by Crippen LogP contribution is 2.15. The van der Waals surface area contributed by atoms with E-state index in [2.05, 4.69) is 11.0 Å². The van der Waals surface area contributed by atoms with Gasteiger partial charge in [0.1, 0.15) is 6.29 Å². The molecule has 0 saturated carbocycles. The van der Waals surface area contributed by atoms with Crippen LogP contribution in [-0.2, 0) is 4.79 Å². The number of carbonyl (C=O) groups is 1. The molecule has 0 spiro atoms. The molecule has 72 valence electrons. The van der Waals surface area contributed by atoms with Gasteiger partial charge in [-0.05, 0) is 32.4 Å². The summed E-state index contributed by atoms with van der Waals surface area (Å²) >= 11 is 0. The number of hydrogen-bond donors (Lipinski definition) is 0. The Morgan fingerprint density at radius 3 is 3.08 bits per heavy atom. The summed E-state index contributed by atoms with van der Waals surface area (Å²) < 4.78 is 0. The lowest BCUT2D eigenvalue weighted by Gasteiger charge is -2.31. The predicted octanol–water partition coefficient (Wildman–Crippen LogP) is 1.34. The zero-order valence-electron chi connectivity index (χ0n) is 7.91. The zero-order chi connectivity index (χ0) is 9.52. The van der Waals surface area contributed by atoms with Gasteiger partial charge in [0.05, 0.1) is 12.1 Å². The van der Waals surface area contributed by atoms with Crippen LogP contribution in [0.25, 0.3) is 0 Å². The zero-order valence-corrected chi connectivity index (χ0v) is 7.91. The van der Waals surface area contributed by atoms with Crippen LogP contribution in [0.1, 0.15) is 32.1 Å². The summed E-state index contributed by atoms with van der Waals surface area (Å²) in [6.45, 7) is 1.92. The van der Waals surface area contributed by atoms with Crippen molar-refractivity contribution in [3.8, 4) is 6.07 Å². The van der Waals surface area contributed by atoms with Gasteiger partial charge in [0.25, 0.3) is 0 Å². The van der Waals surface area contributed by atoms with Gasteiger partial charge >= 0.3 is 0 Å². The molecule has 0 amide bonds. The summed E-state index contributed by atoms with van der Waals surface area (Å²) in [5.74, 6) is 0. The van der Waals surface area contributed by atoms with E-state index in [0.29, 0.717) is 6.42 Å². The minimum atomic E-state index is 0.118. The number of unbranched alkanes of at least 4 members (excludes halogenated alkanes) is 1. The SMILES string of the molecule is N#CCCCN1CCCCC1C=O. The second-order valence-electron chi connectivity index (χ2n) is 3.50. The summed E-state index contributed by atoms with van der Waals surface area (Å²) in [6, 6.07) is 2.24. The smallest absolute Gasteiger partial charge is 0.137 e. The summed E-state index contributed by atoms with van der Waals surface area (Å²) in [5, 5.41) is 8.38. The van der Waals surface area contributed by atoms with Crippen LogP contribution in [0.2, 0.25) is 0 Å². The lowest BCUT2D eigenvalue weighted by Crippen LogP contribution is -2.40. The van der Waals surface area contributed by atoms with E-state index < -0.39 is 0 Å². The van der Waals surface area contributed by atoms with Gasteiger partial charge in [-0.25, -0.2) is 0 Å². The van der Waals surface area contributed by atoms with Gasteiger partial charge in [0.15, 0.2) is 0 Å². The highest BCUT2D eigenvalue weighted by atomic mass is 16.1. The summed E-state index contributed by atoms with van der Waals surface area (Å²) in [4.78, 5) is 12.9. The van der Waals surface area contributed by atoms with Crippen molar-refractivity contribution >= 4 is 6.29 Å². The van der Waals surface area contributed by atoms with Crippen LogP contribution in [0.3, 0.4) is 0 Å². The Morgan fingerprint density at radius 2 is 2.38 bits per heavy atom. The Morgan fingerprint density at radius 1 is 1.54 bits per heavy atom. The van der Waals surface area contributed by atoms with Crippen LogP contribution in [0, 0.1) is 11.3 Å². The molecule has 0 aromatic rings. The number of carbonyl (C=O) groups excluding carboxylic acids is 1. The maximum Gasteiger partial charge on any atom is 0.137 e. The molecule has 13 heavy (non-hydrogen) atoms. The minimum absolute atomic E-state index is 0.118. The maximum atomic E-state index is 10.7. The molecule has 1 unspecified atom stereocenters. The van der Waals surface area contributed by atoms with E-state index in [1.165, 1.54) is 6.42 Å². The van der Waals surface area contributed by atoms with E-state index in [4.69, 9.17) is 5.26 Å². The quantitative estimate of drug-likeness (QED) is 0.484. The third kappa shape index (κ3) is 3.16. The van der Waals surface area contributed by atoms with Crippen molar-refractivity contribution in [2.75, 3.05) is 13.1 Å². The highest BCUT2D eigenvalue weighted by Gasteiger charge is 2.20. The highest BCUT2D eigenvalue weighted by molar-refractivity contribution is 5.57. The average molecular weight is 180 g/mol. The Labute approximate surface area is 79.3 Å². The van der Waals surface area contributed by atoms with E-state index in [9.17, 15) is 4.79 Å². The van der Waals surface area contributed by atoms with Crippen LogP contribution in [0.4, 0.5) is 0 Å². The Kier molecular flexibility index (Phi) is 4.48. The van der Waals surface area contributed by atoms with Gasteiger partial charge < -0.3 is 4.79 Å². The molecule has 3 heteroatoms. The average Bonchev–Trinajstić information content (AvgIpc) is 2.19. The fourth-order valence-corrected chi connectivity index (χ4v) is 1.81. The molecule has 1 aliphatic heterocycles. The predicted molar refractivity (Wildman–Crippen MR) is 50.1 cm³/mol. The Balaban J connectivity index is 2.28. The molecule has 1 saturated heterocycles. The molecule has 0 aliphatic carbocycles. The van der Waals surface area contributed by atoms with Crippen molar-refractivity contribution < 1.29 is 4.79 Å². The molecule has 1 fully saturated rings. The van der Waals surface area contributed by atoms with Gasteiger partial charge in [-0.2, -0.15) is 5.26 Å². The largest absolute Gasteiger partial charge is 0.302 e. The molecule has 0 aromatic heterocycles. The number of rotatable bonds is 4. The normalized spacial score (nSPS) is 23.8. The van der Waals surface area contributed by atoms with Crippen molar-refractivity contribution in [3.63, 3.8) is 0 Å². The minimum Gasteiger partial charge on any atom is -0.302 e. The fraction of sp³-hybridized carbons (Fsp3) is 0.800. The first-order valence-corrected chi connectivity index (χ1v) is 4.95. The Bertz CT molecular complexity index is 198. The first-order valence-electron chi connectivity index (χ1n) is 4.95. The third-order valence-electron chi connectivity index (χ3n) is 2.56. The topological polar surface area (TPSA) is 44.1 Å². The van der Waals surface area contributed by atoms with E-state index in [0.717, 1.165) is 38.6 Å². The molecular formula is C10H16N2O. The number of nitriles is 1. The van der Waals surface area contributed by atoms with Crippen LogP contribution < -0.4 is 0 Å². The molecule has 0 radical (unpaired) electrons. The van der Waals surface area contributed by atoms with Crippen LogP contribution in [0.15, 0.2) is 0 Å². The Hall–Kier alpha value is -0.880. The van der Waals surface area contributed by atoms with Crippen LogP contribution >= 0.6 is 0 Å². The van der Waals surface area contributed by atoms with E-state index in [-0.39, 0.29) is 6.04 Å². The van der Waals surface area contributed by atoms with Crippen molar-refractivity contribution in [1.29, 1.82) is 5.26 Å². The van der Waals surface area contributed by atoms with E-state index in [1.54, 1.807) is 0 Å². The summed E-state index contributed by atoms with van der Waals surface area (Å²) in [7, 11) is 0. The van der Waals surface area contributed by atoms with Crippen molar-refractivity contribution in [3.05, 3.63) is 0 Å². The molecular weight excluding hydrogens is 164 g/mol. The van der Waals surface area contributed by atoms with Crippen molar-refractivity contribution in [1.82, 2.24) is 4.90 Å². The first-order chi connectivity index (χ1) is 6.38. The second-order valence-corrected chi connectivity index (χ2v) is 3.50. The van der Waals surface area contributed by atoms with E-state index in [1.807, 2.05) is 0 Å². The molecule has 0 aromatic carbocycles. The maximum absolute atomic E-state index is 10.7. The summed E-state index contributed by atoms with van der Waals surface area (Å²) in [6.07, 6.45) is 5.89. The summed E-state index contributed by atoms with van der Waals surface area (Å²) in [5.41, 5.74) is 0. The monoisotopic (exact) mass is 180 g/mol. The van der Waals surface area contributed by atoms with Gasteiger partial charge in [-0.1, -0.05) is 6.42 Å². The number of hydrogen-bond acceptors (Lipinski definition) is 3. The number of likely N-dealkylation sites (tertiary alicyclic amines) is 1. The number of aldehydes is 1. The first kappa shape index (κ1) is 10.2. The fourth-order valence-electron chi connectivity index (χ4n) is 1.81. The molecule has 1 aliphatic rings. The van der Waals surface area contributed by atoms with Gasteiger partial charge in [-0.3, -0.25) is 4.90 Å². The third-order valence-corrected chi connectivity index (χ3v) is 2.56. The molecule has 0 N–H and O–H groups in total. The molecule has 3 nitrogen and oxygen atoms in total. The lowest BCUT2D eigenvalue weighted by atomic mass is 10.0. The second kappa shape index (κ2) is 5.71.